The number of fused-ring (bicyclic) bond motifs is 1. The predicted molar refractivity (Wildman–Crippen MR) is 80.1 cm³/mol. The average Bonchev–Trinajstić information content (AvgIpc) is 2.93. The van der Waals surface area contributed by atoms with Gasteiger partial charge in [-0.15, -0.1) is 11.3 Å². The number of aryl methyl sites for hydroxylation is 1. The Kier molecular flexibility index (Phi) is 3.23. The summed E-state index contributed by atoms with van der Waals surface area (Å²) in [7, 11) is 0. The molecule has 1 atom stereocenters. The maximum atomic E-state index is 6.23. The summed E-state index contributed by atoms with van der Waals surface area (Å²) >= 11 is 1.73. The Morgan fingerprint density at radius 2 is 2.26 bits per heavy atom. The second kappa shape index (κ2) is 4.76. The Morgan fingerprint density at radius 1 is 1.47 bits per heavy atom. The summed E-state index contributed by atoms with van der Waals surface area (Å²) < 4.78 is 2.31. The molecule has 3 nitrogen and oxygen atoms in total. The maximum absolute atomic E-state index is 6.23. The van der Waals surface area contributed by atoms with Gasteiger partial charge in [0.25, 0.3) is 0 Å². The lowest BCUT2D eigenvalue weighted by Gasteiger charge is -2.20. The molecule has 0 amide bonds. The molecule has 0 saturated carbocycles. The van der Waals surface area contributed by atoms with Crippen LogP contribution in [0.4, 0.5) is 0 Å². The van der Waals surface area contributed by atoms with Gasteiger partial charge >= 0.3 is 0 Å². The van der Waals surface area contributed by atoms with Crippen molar-refractivity contribution in [1.29, 1.82) is 0 Å². The molecule has 3 rings (SSSR count). The molecular weight excluding hydrogens is 254 g/mol. The molecular formula is C15H21N3S. The fourth-order valence-corrected chi connectivity index (χ4v) is 3.92. The van der Waals surface area contributed by atoms with Crippen LogP contribution in [-0.2, 0) is 6.42 Å². The molecule has 19 heavy (non-hydrogen) atoms. The Balaban J connectivity index is 2.09. The first-order valence-electron chi connectivity index (χ1n) is 7.00. The van der Waals surface area contributed by atoms with Crippen molar-refractivity contribution in [2.24, 2.45) is 5.73 Å². The van der Waals surface area contributed by atoms with Crippen LogP contribution < -0.4 is 5.73 Å². The molecule has 102 valence electrons. The minimum absolute atomic E-state index is 0.202. The smallest absolute Gasteiger partial charge is 0.194 e. The second-order valence-corrected chi connectivity index (χ2v) is 6.57. The lowest BCUT2D eigenvalue weighted by Crippen LogP contribution is -2.17. The van der Waals surface area contributed by atoms with Crippen molar-refractivity contribution in [2.45, 2.75) is 52.0 Å². The quantitative estimate of drug-likeness (QED) is 0.908. The SMILES string of the molecule is Cc1cc2c(n1-c1nc(C(C)C)cs1)CCCC2N. The second-order valence-electron chi connectivity index (χ2n) is 5.73. The fraction of sp³-hybridized carbons (Fsp3) is 0.533. The van der Waals surface area contributed by atoms with Gasteiger partial charge in [0.2, 0.25) is 0 Å². The molecule has 1 aliphatic rings. The van der Waals surface area contributed by atoms with E-state index in [-0.39, 0.29) is 6.04 Å². The third-order valence-electron chi connectivity index (χ3n) is 3.94. The van der Waals surface area contributed by atoms with E-state index < -0.39 is 0 Å². The van der Waals surface area contributed by atoms with Gasteiger partial charge in [-0.2, -0.15) is 0 Å². The highest BCUT2D eigenvalue weighted by Gasteiger charge is 2.23. The van der Waals surface area contributed by atoms with Gasteiger partial charge in [0.1, 0.15) is 0 Å². The minimum Gasteiger partial charge on any atom is -0.324 e. The van der Waals surface area contributed by atoms with E-state index >= 15 is 0 Å². The monoisotopic (exact) mass is 275 g/mol. The van der Waals surface area contributed by atoms with Crippen molar-refractivity contribution in [3.05, 3.63) is 34.1 Å². The summed E-state index contributed by atoms with van der Waals surface area (Å²) in [5, 5.41) is 3.27. The molecule has 1 aliphatic carbocycles. The van der Waals surface area contributed by atoms with Crippen LogP contribution in [0.5, 0.6) is 0 Å². The van der Waals surface area contributed by atoms with Crippen molar-refractivity contribution >= 4 is 11.3 Å². The zero-order valence-corrected chi connectivity index (χ0v) is 12.6. The Hall–Kier alpha value is -1.13. The van der Waals surface area contributed by atoms with E-state index in [4.69, 9.17) is 10.7 Å². The van der Waals surface area contributed by atoms with Crippen molar-refractivity contribution in [3.8, 4) is 5.13 Å². The van der Waals surface area contributed by atoms with Crippen LogP contribution in [0.1, 0.15) is 61.3 Å². The molecule has 0 spiro atoms. The van der Waals surface area contributed by atoms with E-state index in [1.54, 1.807) is 11.3 Å². The molecule has 0 aromatic carbocycles. The van der Waals surface area contributed by atoms with Gasteiger partial charge in [0.05, 0.1) is 5.69 Å². The highest BCUT2D eigenvalue weighted by molar-refractivity contribution is 7.12. The van der Waals surface area contributed by atoms with E-state index in [0.717, 1.165) is 18.0 Å². The molecule has 4 heteroatoms. The topological polar surface area (TPSA) is 43.8 Å². The van der Waals surface area contributed by atoms with Crippen LogP contribution in [-0.4, -0.2) is 9.55 Å². The molecule has 0 aliphatic heterocycles. The lowest BCUT2D eigenvalue weighted by atomic mass is 9.93. The molecule has 2 aromatic rings. The zero-order valence-electron chi connectivity index (χ0n) is 11.8. The predicted octanol–water partition coefficient (Wildman–Crippen LogP) is 3.70. The van der Waals surface area contributed by atoms with E-state index in [1.165, 1.54) is 29.1 Å². The minimum atomic E-state index is 0.202. The van der Waals surface area contributed by atoms with E-state index in [0.29, 0.717) is 5.92 Å². The van der Waals surface area contributed by atoms with Gasteiger partial charge in [0.15, 0.2) is 5.13 Å². The summed E-state index contributed by atoms with van der Waals surface area (Å²) in [4.78, 5) is 4.79. The van der Waals surface area contributed by atoms with Crippen molar-refractivity contribution in [2.75, 3.05) is 0 Å². The van der Waals surface area contributed by atoms with E-state index in [2.05, 4.69) is 36.8 Å². The van der Waals surface area contributed by atoms with Crippen LogP contribution in [0.2, 0.25) is 0 Å². The third-order valence-corrected chi connectivity index (χ3v) is 4.79. The molecule has 2 N–H and O–H groups in total. The fourth-order valence-electron chi connectivity index (χ4n) is 2.85. The first-order valence-corrected chi connectivity index (χ1v) is 7.88. The zero-order chi connectivity index (χ0) is 13.6. The molecule has 0 fully saturated rings. The summed E-state index contributed by atoms with van der Waals surface area (Å²) in [5.74, 6) is 0.485. The highest BCUT2D eigenvalue weighted by atomic mass is 32.1. The summed E-state index contributed by atoms with van der Waals surface area (Å²) in [6.45, 7) is 6.53. The van der Waals surface area contributed by atoms with E-state index in [9.17, 15) is 0 Å². The number of hydrogen-bond acceptors (Lipinski definition) is 3. The summed E-state index contributed by atoms with van der Waals surface area (Å²) in [6, 6.07) is 2.45. The standard InChI is InChI=1S/C15H21N3S/c1-9(2)13-8-19-15(17-13)18-10(3)7-11-12(16)5-4-6-14(11)18/h7-9,12H,4-6,16H2,1-3H3. The molecule has 1 unspecified atom stereocenters. The normalized spacial score (nSPS) is 18.9. The number of nitrogens with two attached hydrogens (primary N) is 1. The van der Waals surface area contributed by atoms with Gasteiger partial charge in [-0.25, -0.2) is 4.98 Å². The van der Waals surface area contributed by atoms with Gasteiger partial charge < -0.3 is 5.73 Å². The summed E-state index contributed by atoms with van der Waals surface area (Å²) in [5.41, 5.74) is 11.4. The van der Waals surface area contributed by atoms with Gasteiger partial charge in [-0.1, -0.05) is 13.8 Å². The number of thiazole rings is 1. The van der Waals surface area contributed by atoms with Crippen LogP contribution in [0, 0.1) is 6.92 Å². The van der Waals surface area contributed by atoms with Crippen LogP contribution >= 0.6 is 11.3 Å². The molecule has 0 radical (unpaired) electrons. The van der Waals surface area contributed by atoms with Crippen molar-refractivity contribution in [3.63, 3.8) is 0 Å². The Labute approximate surface area is 118 Å². The maximum Gasteiger partial charge on any atom is 0.194 e. The largest absolute Gasteiger partial charge is 0.324 e. The van der Waals surface area contributed by atoms with Crippen LogP contribution in [0.3, 0.4) is 0 Å². The molecule has 2 aromatic heterocycles. The molecule has 0 saturated heterocycles. The third kappa shape index (κ3) is 2.13. The molecule has 0 bridgehead atoms. The number of rotatable bonds is 2. The van der Waals surface area contributed by atoms with Crippen LogP contribution in [0.25, 0.3) is 5.13 Å². The van der Waals surface area contributed by atoms with Crippen LogP contribution in [0.15, 0.2) is 11.4 Å². The van der Waals surface area contributed by atoms with Crippen molar-refractivity contribution in [1.82, 2.24) is 9.55 Å². The van der Waals surface area contributed by atoms with Gasteiger partial charge in [0, 0.05) is 22.8 Å². The van der Waals surface area contributed by atoms with Gasteiger partial charge in [-0.3, -0.25) is 4.57 Å². The van der Waals surface area contributed by atoms with Gasteiger partial charge in [-0.05, 0) is 43.7 Å². The first-order chi connectivity index (χ1) is 9.08. The average molecular weight is 275 g/mol. The lowest BCUT2D eigenvalue weighted by molar-refractivity contribution is 0.559. The molecule has 2 heterocycles. The first kappa shape index (κ1) is 12.9. The van der Waals surface area contributed by atoms with E-state index in [1.807, 2.05) is 0 Å². The Morgan fingerprint density at radius 3 is 2.95 bits per heavy atom. The highest BCUT2D eigenvalue weighted by Crippen LogP contribution is 2.34. The number of hydrogen-bond donors (Lipinski definition) is 1. The number of nitrogens with zero attached hydrogens (tertiary/aromatic N) is 2. The van der Waals surface area contributed by atoms with Crippen molar-refractivity contribution < 1.29 is 0 Å². The number of aromatic nitrogens is 2. The summed E-state index contributed by atoms with van der Waals surface area (Å²) in [6.07, 6.45) is 3.40. The Bertz CT molecular complexity index is 595.